The van der Waals surface area contributed by atoms with Crippen LogP contribution in [-0.4, -0.2) is 143 Å². The van der Waals surface area contributed by atoms with Crippen LogP contribution in [-0.2, 0) is 0 Å². The van der Waals surface area contributed by atoms with Crippen molar-refractivity contribution in [3.8, 4) is 0 Å². The van der Waals surface area contributed by atoms with Gasteiger partial charge in [0.25, 0.3) is 46.6 Å². The molecule has 3 aliphatic heterocycles. The molecule has 10 N–H and O–H groups in total. The lowest BCUT2D eigenvalue weighted by Gasteiger charge is -2.26. The zero-order valence-electron chi connectivity index (χ0n) is 36.1. The number of carbonyl (C=O) groups is 6. The van der Waals surface area contributed by atoms with Gasteiger partial charge in [-0.05, 0) is 81.5 Å². The van der Waals surface area contributed by atoms with Gasteiger partial charge in [0, 0.05) is 64.0 Å². The molecular weight excluding hydrogens is 915 g/mol. The Bertz CT molecular complexity index is 2750. The average Bonchev–Trinajstić information content (AvgIpc) is 3.30. The molecular formula is C42H51N11O12S2. The molecule has 0 saturated carbocycles. The number of unbranched alkanes of at least 4 members (excludes halogenated alkanes) is 1. The molecule has 0 fully saturated rings. The van der Waals surface area contributed by atoms with E-state index in [1.165, 1.54) is 58.3 Å². The van der Waals surface area contributed by atoms with Crippen LogP contribution >= 0.6 is 24.4 Å². The number of carbonyl (C=O) groups excluding carboxylic acids is 6. The first-order valence-electron chi connectivity index (χ1n) is 21.2. The Kier molecular flexibility index (Phi) is 17.9. The third kappa shape index (κ3) is 12.7. The summed E-state index contributed by atoms with van der Waals surface area (Å²) >= 11 is 10.6. The number of nitrogens with one attached hydrogen (secondary N) is 4. The van der Waals surface area contributed by atoms with E-state index in [0.29, 0.717) is 35.3 Å². The van der Waals surface area contributed by atoms with Gasteiger partial charge in [-0.15, -0.1) is 9.46 Å². The van der Waals surface area contributed by atoms with Gasteiger partial charge in [0.05, 0.1) is 11.1 Å². The van der Waals surface area contributed by atoms with E-state index in [9.17, 15) is 59.2 Å². The minimum Gasteiger partial charge on any atom is -0.427 e. The standard InChI is InChI=1S/C42H51N11O12S2/c43-18-2-1-9-26-25-46-37(58)29-16-14-27(41(66)52(29)64)35(56)44-19-7-23-48(39(60)31-10-5-12-33(54)50(31)62)21-3-4-22-49(40(61)32-11-6-13-34(55)51(32)63)24-8-20-45-36(57)28-15-17-30(38(59)47-26)53(65)42(28)67/h5-6,10-17,26,62-65H,1-4,7-9,18-25,43H2,(H,44,56)(H,45,57)(H,46,58)(H,47,59)/t26-/m0/s1. The molecule has 0 unspecified atom stereocenters. The molecule has 4 bridgehead atoms. The van der Waals surface area contributed by atoms with E-state index in [2.05, 4.69) is 21.3 Å². The van der Waals surface area contributed by atoms with Crippen molar-refractivity contribution in [1.82, 2.24) is 50.0 Å². The van der Waals surface area contributed by atoms with Crippen molar-refractivity contribution in [3.05, 3.63) is 125 Å². The summed E-state index contributed by atoms with van der Waals surface area (Å²) < 4.78 is 0.369. The summed E-state index contributed by atoms with van der Waals surface area (Å²) in [5.41, 5.74) is 2.35. The Morgan fingerprint density at radius 3 is 1.48 bits per heavy atom. The van der Waals surface area contributed by atoms with Crippen molar-refractivity contribution in [1.29, 1.82) is 0 Å². The fourth-order valence-electron chi connectivity index (χ4n) is 7.05. The lowest BCUT2D eigenvalue weighted by atomic mass is 10.1. The second-order valence-corrected chi connectivity index (χ2v) is 16.1. The highest BCUT2D eigenvalue weighted by atomic mass is 32.1. The molecule has 25 heteroatoms. The highest BCUT2D eigenvalue weighted by Crippen LogP contribution is 2.13. The van der Waals surface area contributed by atoms with Crippen LogP contribution in [0, 0.1) is 9.28 Å². The maximum atomic E-state index is 13.7. The third-order valence-electron chi connectivity index (χ3n) is 10.7. The summed E-state index contributed by atoms with van der Waals surface area (Å²) in [4.78, 5) is 108. The van der Waals surface area contributed by atoms with Crippen molar-refractivity contribution in [2.75, 3.05) is 52.4 Å². The van der Waals surface area contributed by atoms with Gasteiger partial charge in [-0.3, -0.25) is 38.4 Å². The molecule has 7 rings (SSSR count). The molecule has 0 radical (unpaired) electrons. The molecule has 23 nitrogen and oxygen atoms in total. The van der Waals surface area contributed by atoms with Crippen LogP contribution in [0.4, 0.5) is 0 Å². The van der Waals surface area contributed by atoms with Gasteiger partial charge in [-0.25, -0.2) is 0 Å². The highest BCUT2D eigenvalue weighted by Gasteiger charge is 2.25. The Hall–Kier alpha value is -7.38. The number of fused-ring (bicyclic) bond motifs is 2. The predicted molar refractivity (Wildman–Crippen MR) is 242 cm³/mol. The van der Waals surface area contributed by atoms with Crippen LogP contribution in [0.25, 0.3) is 0 Å². The second kappa shape index (κ2) is 23.7. The van der Waals surface area contributed by atoms with Gasteiger partial charge in [0.2, 0.25) is 0 Å². The van der Waals surface area contributed by atoms with Gasteiger partial charge < -0.3 is 57.6 Å². The topological polar surface area (TPSA) is 318 Å². The van der Waals surface area contributed by atoms with Crippen molar-refractivity contribution in [2.24, 2.45) is 5.73 Å². The minimum absolute atomic E-state index is 0.00308. The van der Waals surface area contributed by atoms with Crippen LogP contribution in [0.2, 0.25) is 0 Å². The number of nitrogens with zero attached hydrogens (tertiary/aromatic N) is 6. The van der Waals surface area contributed by atoms with Gasteiger partial charge in [-0.2, -0.15) is 9.46 Å². The molecule has 67 heavy (non-hydrogen) atoms. The zero-order chi connectivity index (χ0) is 48.8. The Labute approximate surface area is 391 Å². The largest absolute Gasteiger partial charge is 0.427 e. The van der Waals surface area contributed by atoms with Crippen molar-refractivity contribution in [2.45, 2.75) is 51.0 Å². The summed E-state index contributed by atoms with van der Waals surface area (Å²) in [6.45, 7) is 0.244. The van der Waals surface area contributed by atoms with Crippen LogP contribution < -0.4 is 38.1 Å². The van der Waals surface area contributed by atoms with Crippen LogP contribution in [0.3, 0.4) is 0 Å². The highest BCUT2D eigenvalue weighted by molar-refractivity contribution is 7.71. The molecule has 6 amide bonds. The number of amides is 6. The maximum Gasteiger partial charge on any atom is 0.283 e. The first-order chi connectivity index (χ1) is 32.0. The first kappa shape index (κ1) is 50.6. The van der Waals surface area contributed by atoms with Crippen LogP contribution in [0.5, 0.6) is 0 Å². The molecule has 3 aliphatic rings. The van der Waals surface area contributed by atoms with Gasteiger partial charge in [0.15, 0.2) is 9.28 Å². The fourth-order valence-corrected chi connectivity index (χ4v) is 7.57. The molecule has 1 atom stereocenters. The van der Waals surface area contributed by atoms with Gasteiger partial charge >= 0.3 is 0 Å². The number of aromatic nitrogens is 4. The van der Waals surface area contributed by atoms with Gasteiger partial charge in [0.1, 0.15) is 22.8 Å². The Balaban J connectivity index is 1.43. The smallest absolute Gasteiger partial charge is 0.283 e. The molecule has 0 aliphatic carbocycles. The molecule has 4 aromatic heterocycles. The summed E-state index contributed by atoms with van der Waals surface area (Å²) in [6, 6.07) is 11.4. The zero-order valence-corrected chi connectivity index (χ0v) is 37.7. The van der Waals surface area contributed by atoms with E-state index in [0.717, 1.165) is 12.1 Å². The van der Waals surface area contributed by atoms with Crippen molar-refractivity contribution < 1.29 is 49.6 Å². The predicted octanol–water partition coefficient (Wildman–Crippen LogP) is 0.997. The quantitative estimate of drug-likeness (QED) is 0.0740. The Morgan fingerprint density at radius 1 is 0.567 bits per heavy atom. The van der Waals surface area contributed by atoms with E-state index in [1.807, 2.05) is 0 Å². The molecule has 0 saturated heterocycles. The van der Waals surface area contributed by atoms with Gasteiger partial charge in [-0.1, -0.05) is 43.0 Å². The monoisotopic (exact) mass is 965 g/mol. The van der Waals surface area contributed by atoms with Crippen molar-refractivity contribution in [3.63, 3.8) is 0 Å². The maximum absolute atomic E-state index is 13.7. The summed E-state index contributed by atoms with van der Waals surface area (Å²) in [5, 5.41) is 53.3. The van der Waals surface area contributed by atoms with E-state index >= 15 is 0 Å². The SMILES string of the molecule is NCCCC[C@H]1CNC(=O)c2ccc(c(=S)n2O)C(=O)NCCCN(C(=O)c2cccc(=O)n2O)CCCCN(C(=O)c2cccc(=O)n2O)CCCNC(=O)c2ccc(n(O)c2=S)C(=O)N1. The van der Waals surface area contributed by atoms with E-state index < -0.39 is 61.9 Å². The summed E-state index contributed by atoms with van der Waals surface area (Å²) in [6.07, 6.45) is 2.27. The normalized spacial score (nSPS) is 16.4. The molecule has 4 aromatic rings. The van der Waals surface area contributed by atoms with Crippen LogP contribution in [0.1, 0.15) is 108 Å². The molecule has 0 spiro atoms. The van der Waals surface area contributed by atoms with E-state index in [4.69, 9.17) is 30.2 Å². The molecule has 358 valence electrons. The number of hydrogen-bond donors (Lipinski definition) is 9. The van der Waals surface area contributed by atoms with E-state index in [1.54, 1.807) is 0 Å². The number of pyridine rings is 4. The lowest BCUT2D eigenvalue weighted by Crippen LogP contribution is -2.45. The second-order valence-electron chi connectivity index (χ2n) is 15.3. The van der Waals surface area contributed by atoms with Crippen LogP contribution in [0.15, 0.2) is 70.3 Å². The van der Waals surface area contributed by atoms with Crippen molar-refractivity contribution >= 4 is 59.9 Å². The number of hydrogen-bond acceptors (Lipinski definition) is 15. The Morgan fingerprint density at radius 2 is 1.01 bits per heavy atom. The summed E-state index contributed by atoms with van der Waals surface area (Å²) in [5.74, 6) is -4.45. The third-order valence-corrected chi connectivity index (χ3v) is 11.5. The lowest BCUT2D eigenvalue weighted by molar-refractivity contribution is 0.0657. The van der Waals surface area contributed by atoms with E-state index in [-0.39, 0.29) is 115 Å². The fraction of sp³-hybridized carbons (Fsp3) is 0.381. The molecule has 0 aromatic carbocycles. The molecule has 7 heterocycles. The first-order valence-corrected chi connectivity index (χ1v) is 22.0. The summed E-state index contributed by atoms with van der Waals surface area (Å²) in [7, 11) is 0. The minimum atomic E-state index is -0.847. The average molecular weight is 966 g/mol. The number of nitrogens with two attached hydrogens (primary N) is 1. The number of rotatable bonds is 6.